The molecule has 0 radical (unpaired) electrons. The van der Waals surface area contributed by atoms with Crippen molar-refractivity contribution in [1.82, 2.24) is 9.88 Å². The predicted octanol–water partition coefficient (Wildman–Crippen LogP) is 2.95. The molecule has 2 saturated heterocycles. The lowest BCUT2D eigenvalue weighted by Crippen LogP contribution is -3.18. The van der Waals surface area contributed by atoms with Crippen LogP contribution in [-0.4, -0.2) is 48.0 Å². The Bertz CT molecular complexity index is 761. The molecule has 1 amide bonds. The van der Waals surface area contributed by atoms with E-state index in [0.29, 0.717) is 23.7 Å². The van der Waals surface area contributed by atoms with Gasteiger partial charge in [0.2, 0.25) is 0 Å². The normalized spacial score (nSPS) is 30.4. The van der Waals surface area contributed by atoms with Crippen LogP contribution in [0.4, 0.5) is 0 Å². The molecule has 27 heavy (non-hydrogen) atoms. The molecule has 0 spiro atoms. The van der Waals surface area contributed by atoms with Crippen LogP contribution in [0.1, 0.15) is 51.0 Å². The number of nitrogens with zero attached hydrogens (tertiary/aromatic N) is 2. The SMILES string of the molecule is C[C@@H]1C[C@@H](C)CN(C(=O)[C@@H](C)[NH+]2CCC[C@H](c3nc4ccccc4s3)C2)C1. The molecule has 2 aromatic rings. The quantitative estimate of drug-likeness (QED) is 0.881. The summed E-state index contributed by atoms with van der Waals surface area (Å²) in [5.41, 5.74) is 1.12. The predicted molar refractivity (Wildman–Crippen MR) is 111 cm³/mol. The number of nitrogens with one attached hydrogen (secondary N) is 1. The van der Waals surface area contributed by atoms with Crippen LogP contribution in [0.25, 0.3) is 10.2 Å². The number of hydrogen-bond donors (Lipinski definition) is 1. The molecule has 4 rings (SSSR count). The molecule has 2 aliphatic heterocycles. The van der Waals surface area contributed by atoms with E-state index >= 15 is 0 Å². The van der Waals surface area contributed by atoms with Crippen molar-refractivity contribution in [1.29, 1.82) is 0 Å². The first-order valence-electron chi connectivity index (χ1n) is 10.5. The Hall–Kier alpha value is -1.46. The van der Waals surface area contributed by atoms with E-state index in [9.17, 15) is 4.79 Å². The van der Waals surface area contributed by atoms with Crippen molar-refractivity contribution < 1.29 is 9.69 Å². The van der Waals surface area contributed by atoms with Gasteiger partial charge in [-0.15, -0.1) is 11.3 Å². The average Bonchev–Trinajstić information content (AvgIpc) is 3.10. The molecule has 0 saturated carbocycles. The van der Waals surface area contributed by atoms with E-state index in [-0.39, 0.29) is 6.04 Å². The standard InChI is InChI=1S/C22H31N3OS/c1-15-11-16(2)13-25(12-15)22(26)17(3)24-10-6-7-18(14-24)21-23-19-8-4-5-9-20(19)27-21/h4-5,8-9,15-18H,6-7,10-14H2,1-3H3/p+1/t15-,16-,17-,18+/m1/s1. The zero-order valence-corrected chi connectivity index (χ0v) is 17.6. The van der Waals surface area contributed by atoms with E-state index in [0.717, 1.165) is 31.7 Å². The molecule has 4 nitrogen and oxygen atoms in total. The maximum absolute atomic E-state index is 13.2. The number of likely N-dealkylation sites (tertiary alicyclic amines) is 2. The lowest BCUT2D eigenvalue weighted by Gasteiger charge is -2.39. The molecule has 3 heterocycles. The Labute approximate surface area is 166 Å². The summed E-state index contributed by atoms with van der Waals surface area (Å²) in [4.78, 5) is 21.6. The van der Waals surface area contributed by atoms with Crippen LogP contribution in [-0.2, 0) is 4.79 Å². The first kappa shape index (κ1) is 18.9. The van der Waals surface area contributed by atoms with Gasteiger partial charge in [0.15, 0.2) is 6.04 Å². The number of aromatic nitrogens is 1. The van der Waals surface area contributed by atoms with Crippen LogP contribution in [0.3, 0.4) is 0 Å². The number of hydrogen-bond acceptors (Lipinski definition) is 3. The number of para-hydroxylation sites is 1. The van der Waals surface area contributed by atoms with Crippen LogP contribution in [0.2, 0.25) is 0 Å². The molecular weight excluding hydrogens is 354 g/mol. The van der Waals surface area contributed by atoms with Gasteiger partial charge in [0.1, 0.15) is 5.01 Å². The number of carbonyl (C=O) groups excluding carboxylic acids is 1. The maximum Gasteiger partial charge on any atom is 0.280 e. The number of quaternary nitrogens is 1. The fraction of sp³-hybridized carbons (Fsp3) is 0.636. The third kappa shape index (κ3) is 4.04. The minimum absolute atomic E-state index is 0.0553. The summed E-state index contributed by atoms with van der Waals surface area (Å²) < 4.78 is 1.28. The summed E-state index contributed by atoms with van der Waals surface area (Å²) in [6.45, 7) is 10.7. The number of carbonyl (C=O) groups is 1. The summed E-state index contributed by atoms with van der Waals surface area (Å²) in [6, 6.07) is 8.47. The third-order valence-corrected chi connectivity index (χ3v) is 7.58. The topological polar surface area (TPSA) is 37.6 Å². The second kappa shape index (κ2) is 7.88. The van der Waals surface area contributed by atoms with E-state index in [1.54, 1.807) is 0 Å². The average molecular weight is 387 g/mol. The zero-order chi connectivity index (χ0) is 19.0. The number of fused-ring (bicyclic) bond motifs is 1. The molecule has 146 valence electrons. The highest BCUT2D eigenvalue weighted by Gasteiger charge is 2.36. The lowest BCUT2D eigenvalue weighted by molar-refractivity contribution is -0.920. The first-order valence-corrected chi connectivity index (χ1v) is 11.3. The number of amides is 1. The molecule has 5 heteroatoms. The summed E-state index contributed by atoms with van der Waals surface area (Å²) in [7, 11) is 0. The summed E-state index contributed by atoms with van der Waals surface area (Å²) in [6.07, 6.45) is 3.62. The molecular formula is C22H32N3OS+. The van der Waals surface area contributed by atoms with Crippen LogP contribution in [0.5, 0.6) is 0 Å². The van der Waals surface area contributed by atoms with Gasteiger partial charge in [0, 0.05) is 13.1 Å². The molecule has 1 aromatic heterocycles. The molecule has 2 fully saturated rings. The van der Waals surface area contributed by atoms with Crippen molar-refractivity contribution >= 4 is 27.5 Å². The highest BCUT2D eigenvalue weighted by Crippen LogP contribution is 2.30. The molecule has 1 N–H and O–H groups in total. The van der Waals surface area contributed by atoms with Crippen molar-refractivity contribution in [3.8, 4) is 0 Å². The largest absolute Gasteiger partial charge is 0.337 e. The van der Waals surface area contributed by atoms with E-state index in [2.05, 4.69) is 49.9 Å². The second-order valence-electron chi connectivity index (χ2n) is 8.88. The number of piperidine rings is 2. The van der Waals surface area contributed by atoms with Gasteiger partial charge in [-0.25, -0.2) is 4.98 Å². The van der Waals surface area contributed by atoms with Gasteiger partial charge in [0.25, 0.3) is 5.91 Å². The third-order valence-electron chi connectivity index (χ3n) is 6.38. The summed E-state index contributed by atoms with van der Waals surface area (Å²) in [5, 5.41) is 1.26. The molecule has 0 aliphatic carbocycles. The Balaban J connectivity index is 1.44. The number of benzene rings is 1. The van der Waals surface area contributed by atoms with Gasteiger partial charge >= 0.3 is 0 Å². The van der Waals surface area contributed by atoms with Gasteiger partial charge in [-0.3, -0.25) is 4.79 Å². The second-order valence-corrected chi connectivity index (χ2v) is 9.94. The van der Waals surface area contributed by atoms with Crippen molar-refractivity contribution in [3.05, 3.63) is 29.3 Å². The minimum atomic E-state index is 0.0553. The molecule has 1 aromatic carbocycles. The lowest BCUT2D eigenvalue weighted by atomic mass is 9.91. The first-order chi connectivity index (χ1) is 13.0. The number of thiazole rings is 1. The van der Waals surface area contributed by atoms with Crippen molar-refractivity contribution in [2.24, 2.45) is 11.8 Å². The Morgan fingerprint density at radius 1 is 1.26 bits per heavy atom. The van der Waals surface area contributed by atoms with Gasteiger partial charge < -0.3 is 9.80 Å². The van der Waals surface area contributed by atoms with Crippen LogP contribution >= 0.6 is 11.3 Å². The highest BCUT2D eigenvalue weighted by atomic mass is 32.1. The fourth-order valence-corrected chi connectivity index (χ4v) is 6.16. The van der Waals surface area contributed by atoms with E-state index in [1.807, 2.05) is 11.3 Å². The Kier molecular flexibility index (Phi) is 5.51. The fourth-order valence-electron chi connectivity index (χ4n) is 5.06. The van der Waals surface area contributed by atoms with E-state index in [1.165, 1.54) is 33.9 Å². The van der Waals surface area contributed by atoms with Crippen molar-refractivity contribution in [2.45, 2.75) is 52.0 Å². The maximum atomic E-state index is 13.2. The van der Waals surface area contributed by atoms with Gasteiger partial charge in [-0.2, -0.15) is 0 Å². The highest BCUT2D eigenvalue weighted by molar-refractivity contribution is 7.18. The molecule has 2 aliphatic rings. The Morgan fingerprint density at radius 3 is 2.74 bits per heavy atom. The Morgan fingerprint density at radius 2 is 2.00 bits per heavy atom. The van der Waals surface area contributed by atoms with Gasteiger partial charge in [-0.05, 0) is 50.2 Å². The summed E-state index contributed by atoms with van der Waals surface area (Å²) >= 11 is 1.83. The summed E-state index contributed by atoms with van der Waals surface area (Å²) in [5.74, 6) is 2.09. The van der Waals surface area contributed by atoms with Crippen LogP contribution in [0.15, 0.2) is 24.3 Å². The monoisotopic (exact) mass is 386 g/mol. The molecule has 0 bridgehead atoms. The van der Waals surface area contributed by atoms with Gasteiger partial charge in [0.05, 0.1) is 29.2 Å². The van der Waals surface area contributed by atoms with Crippen molar-refractivity contribution in [3.63, 3.8) is 0 Å². The van der Waals surface area contributed by atoms with Gasteiger partial charge in [-0.1, -0.05) is 26.0 Å². The minimum Gasteiger partial charge on any atom is -0.337 e. The molecule has 1 unspecified atom stereocenters. The molecule has 5 atom stereocenters. The number of rotatable bonds is 3. The zero-order valence-electron chi connectivity index (χ0n) is 16.8. The van der Waals surface area contributed by atoms with Crippen molar-refractivity contribution in [2.75, 3.05) is 26.2 Å². The van der Waals surface area contributed by atoms with E-state index in [4.69, 9.17) is 4.98 Å². The van der Waals surface area contributed by atoms with Crippen LogP contribution < -0.4 is 4.90 Å². The smallest absolute Gasteiger partial charge is 0.280 e. The van der Waals surface area contributed by atoms with Crippen LogP contribution in [0, 0.1) is 11.8 Å². The van der Waals surface area contributed by atoms with E-state index < -0.39 is 0 Å².